The number of azo groups is 1. The molecule has 2 aromatic carbocycles. The molecule has 0 N–H and O–H groups in total. The number of benzene rings is 2. The third kappa shape index (κ3) is 6.63. The minimum Gasteiger partial charge on any atom is -0.465 e. The zero-order chi connectivity index (χ0) is 25.5. The van der Waals surface area contributed by atoms with Gasteiger partial charge in [0.1, 0.15) is 5.70 Å². The molecule has 2 aromatic rings. The molecule has 0 bridgehead atoms. The molecule has 0 aliphatic carbocycles. The summed E-state index contributed by atoms with van der Waals surface area (Å²) in [6.07, 6.45) is 0. The van der Waals surface area contributed by atoms with Crippen molar-refractivity contribution in [1.82, 2.24) is 4.90 Å². The molecule has 0 aromatic heterocycles. The van der Waals surface area contributed by atoms with Crippen LogP contribution in [0.1, 0.15) is 26.3 Å². The predicted molar refractivity (Wildman–Crippen MR) is 136 cm³/mol. The minimum atomic E-state index is -0.826. The number of carbonyl (C=O) groups excluding carboxylic acids is 2. The minimum absolute atomic E-state index is 0.244. The van der Waals surface area contributed by atoms with Gasteiger partial charge in [-0.25, -0.2) is 9.59 Å². The molecule has 7 nitrogen and oxygen atoms in total. The lowest BCUT2D eigenvalue weighted by molar-refractivity contribution is -0.144. The Kier molecular flexibility index (Phi) is 9.32. The quantitative estimate of drug-likeness (QED) is 0.108. The van der Waals surface area contributed by atoms with Crippen molar-refractivity contribution in [2.24, 2.45) is 15.6 Å². The zero-order valence-electron chi connectivity index (χ0n) is 20.5. The van der Waals surface area contributed by atoms with Crippen LogP contribution in [0.3, 0.4) is 0 Å². The molecule has 0 spiro atoms. The third-order valence-electron chi connectivity index (χ3n) is 4.83. The van der Waals surface area contributed by atoms with Crippen molar-refractivity contribution in [2.75, 3.05) is 28.3 Å². The average molecular weight is 528 g/mol. The molecule has 0 amide bonds. The number of likely N-dealkylation sites (N-methyl/N-ethyl adjacent to an activating group) is 1. The predicted octanol–water partition coefficient (Wildman–Crippen LogP) is 6.15. The van der Waals surface area contributed by atoms with E-state index in [0.717, 1.165) is 15.6 Å². The highest BCUT2D eigenvalue weighted by Gasteiger charge is 2.33. The van der Waals surface area contributed by atoms with Crippen LogP contribution in [0.25, 0.3) is 5.57 Å². The molecule has 2 rings (SSSR count). The molecule has 0 radical (unpaired) electrons. The summed E-state index contributed by atoms with van der Waals surface area (Å²) in [7, 11) is 5.88. The van der Waals surface area contributed by atoms with Crippen LogP contribution in [0.4, 0.5) is 5.69 Å². The first-order chi connectivity index (χ1) is 16.0. The van der Waals surface area contributed by atoms with E-state index in [-0.39, 0.29) is 11.3 Å². The van der Waals surface area contributed by atoms with Gasteiger partial charge in [-0.3, -0.25) is 0 Å². The second kappa shape index (κ2) is 11.7. The summed E-state index contributed by atoms with van der Waals surface area (Å²) >= 11 is 3.42. The van der Waals surface area contributed by atoms with Crippen LogP contribution < -0.4 is 0 Å². The van der Waals surface area contributed by atoms with Crippen molar-refractivity contribution in [3.05, 3.63) is 81.6 Å². The fourth-order valence-electron chi connectivity index (χ4n) is 3.40. The summed E-state index contributed by atoms with van der Waals surface area (Å²) in [5, 5.41) is 9.06. The van der Waals surface area contributed by atoms with E-state index >= 15 is 0 Å². The van der Waals surface area contributed by atoms with Crippen LogP contribution in [0.5, 0.6) is 0 Å². The van der Waals surface area contributed by atoms with Gasteiger partial charge in [-0.1, -0.05) is 67.0 Å². The van der Waals surface area contributed by atoms with Crippen LogP contribution in [0, 0.1) is 5.41 Å². The average Bonchev–Trinajstić information content (AvgIpc) is 2.80. The standard InChI is InChI=1S/C26H30BrN3O4/c1-26(2,3)21(17-11-9-8-10-12-17)22(29-28-19-15-13-18(27)14-16-19)23(30(4)5)20(24(31)33-6)25(32)34-7/h8-16H,1-7H3/b22-21+,29-28?. The summed E-state index contributed by atoms with van der Waals surface area (Å²) in [5.41, 5.74) is 2.19. The Balaban J connectivity index is 3.04. The first kappa shape index (κ1) is 27.0. The Morgan fingerprint density at radius 3 is 1.85 bits per heavy atom. The van der Waals surface area contributed by atoms with Gasteiger partial charge in [-0.2, -0.15) is 5.11 Å². The van der Waals surface area contributed by atoms with Crippen LogP contribution in [-0.4, -0.2) is 45.2 Å². The Morgan fingerprint density at radius 1 is 0.882 bits per heavy atom. The largest absolute Gasteiger partial charge is 0.465 e. The van der Waals surface area contributed by atoms with Gasteiger partial charge in [0.25, 0.3) is 0 Å². The Bertz CT molecular complexity index is 1090. The molecule has 180 valence electrons. The first-order valence-corrected chi connectivity index (χ1v) is 11.4. The molecule has 0 heterocycles. The molecule has 0 aliphatic rings. The van der Waals surface area contributed by atoms with E-state index in [2.05, 4.69) is 26.2 Å². The summed E-state index contributed by atoms with van der Waals surface area (Å²) in [5.74, 6) is -1.65. The zero-order valence-corrected chi connectivity index (χ0v) is 22.1. The SMILES string of the molecule is COC(=O)C(C(=O)OC)=C(/C(N=Nc1ccc(Br)cc1)=C(/c1ccccc1)C(C)(C)C)N(C)C. The van der Waals surface area contributed by atoms with E-state index in [1.54, 1.807) is 19.0 Å². The van der Waals surface area contributed by atoms with Crippen LogP contribution in [0.15, 0.2) is 86.3 Å². The highest BCUT2D eigenvalue weighted by molar-refractivity contribution is 9.10. The number of rotatable bonds is 7. The third-order valence-corrected chi connectivity index (χ3v) is 5.36. The molecule has 0 fully saturated rings. The van der Waals surface area contributed by atoms with Gasteiger partial charge >= 0.3 is 11.9 Å². The van der Waals surface area contributed by atoms with Gasteiger partial charge < -0.3 is 14.4 Å². The highest BCUT2D eigenvalue weighted by atomic mass is 79.9. The number of methoxy groups -OCH3 is 2. The number of nitrogens with zero attached hydrogens (tertiary/aromatic N) is 3. The lowest BCUT2D eigenvalue weighted by Gasteiger charge is -2.29. The van der Waals surface area contributed by atoms with Crippen molar-refractivity contribution in [3.8, 4) is 0 Å². The van der Waals surface area contributed by atoms with Gasteiger partial charge in [0.2, 0.25) is 0 Å². The number of esters is 2. The van der Waals surface area contributed by atoms with Crippen molar-refractivity contribution in [3.63, 3.8) is 0 Å². The molecule has 0 unspecified atom stereocenters. The highest BCUT2D eigenvalue weighted by Crippen LogP contribution is 2.41. The fraction of sp³-hybridized carbons (Fsp3) is 0.308. The maximum atomic E-state index is 12.8. The second-order valence-electron chi connectivity index (χ2n) is 8.62. The smallest absolute Gasteiger partial charge is 0.347 e. The summed E-state index contributed by atoms with van der Waals surface area (Å²) < 4.78 is 10.8. The first-order valence-electron chi connectivity index (χ1n) is 10.6. The Hall–Kier alpha value is -3.26. The number of hydrogen-bond acceptors (Lipinski definition) is 7. The molecule has 0 saturated carbocycles. The number of halogens is 1. The van der Waals surface area contributed by atoms with E-state index < -0.39 is 17.4 Å². The van der Waals surface area contributed by atoms with Crippen LogP contribution in [0.2, 0.25) is 0 Å². The number of hydrogen-bond donors (Lipinski definition) is 0. The molecule has 34 heavy (non-hydrogen) atoms. The van der Waals surface area contributed by atoms with E-state index in [1.807, 2.05) is 75.4 Å². The van der Waals surface area contributed by atoms with Crippen molar-refractivity contribution in [1.29, 1.82) is 0 Å². The van der Waals surface area contributed by atoms with Gasteiger partial charge in [0.15, 0.2) is 5.57 Å². The monoisotopic (exact) mass is 527 g/mol. The molecular weight excluding hydrogens is 498 g/mol. The maximum absolute atomic E-state index is 12.8. The van der Waals surface area contributed by atoms with Crippen LogP contribution in [-0.2, 0) is 19.1 Å². The normalized spacial score (nSPS) is 12.1. The molecule has 0 saturated heterocycles. The van der Waals surface area contributed by atoms with Gasteiger partial charge in [-0.05, 0) is 40.8 Å². The van der Waals surface area contributed by atoms with E-state index in [4.69, 9.17) is 9.47 Å². The fourth-order valence-corrected chi connectivity index (χ4v) is 3.66. The summed E-state index contributed by atoms with van der Waals surface area (Å²) in [6, 6.07) is 17.0. The topological polar surface area (TPSA) is 80.6 Å². The summed E-state index contributed by atoms with van der Waals surface area (Å²) in [4.78, 5) is 27.2. The van der Waals surface area contributed by atoms with E-state index in [9.17, 15) is 9.59 Å². The van der Waals surface area contributed by atoms with Crippen molar-refractivity contribution >= 4 is 39.1 Å². The van der Waals surface area contributed by atoms with Gasteiger partial charge in [-0.15, -0.1) is 5.11 Å². The lowest BCUT2D eigenvalue weighted by Crippen LogP contribution is -2.26. The number of carbonyl (C=O) groups is 2. The number of allylic oxidation sites excluding steroid dienone is 1. The Morgan fingerprint density at radius 2 is 1.41 bits per heavy atom. The van der Waals surface area contributed by atoms with Crippen molar-refractivity contribution in [2.45, 2.75) is 20.8 Å². The lowest BCUT2D eigenvalue weighted by atomic mass is 9.80. The van der Waals surface area contributed by atoms with Crippen LogP contribution >= 0.6 is 15.9 Å². The molecule has 8 heteroatoms. The summed E-state index contributed by atoms with van der Waals surface area (Å²) in [6.45, 7) is 6.11. The molecular formula is C26H30BrN3O4. The van der Waals surface area contributed by atoms with E-state index in [0.29, 0.717) is 11.4 Å². The Labute approximate surface area is 209 Å². The van der Waals surface area contributed by atoms with Gasteiger partial charge in [0.05, 0.1) is 25.6 Å². The second-order valence-corrected chi connectivity index (χ2v) is 9.53. The number of ether oxygens (including phenoxy) is 2. The molecule has 0 atom stereocenters. The van der Waals surface area contributed by atoms with Crippen molar-refractivity contribution < 1.29 is 19.1 Å². The maximum Gasteiger partial charge on any atom is 0.347 e. The van der Waals surface area contributed by atoms with Gasteiger partial charge in [0, 0.05) is 18.6 Å². The van der Waals surface area contributed by atoms with E-state index in [1.165, 1.54) is 14.2 Å². The molecule has 0 aliphatic heterocycles.